The van der Waals surface area contributed by atoms with E-state index in [1.54, 1.807) is 0 Å². The van der Waals surface area contributed by atoms with E-state index in [-0.39, 0.29) is 25.5 Å². The Labute approximate surface area is 173 Å². The summed E-state index contributed by atoms with van der Waals surface area (Å²) in [5, 5.41) is 22.5. The van der Waals surface area contributed by atoms with Crippen molar-refractivity contribution in [3.05, 3.63) is 59.7 Å². The first kappa shape index (κ1) is 21.3. The number of carbonyl (C=O) groups excluding carboxylic acids is 2. The molecule has 2 aromatic rings. The Morgan fingerprint density at radius 1 is 1.00 bits per heavy atom. The highest BCUT2D eigenvalue weighted by atomic mass is 16.5. The van der Waals surface area contributed by atoms with Crippen LogP contribution in [0.25, 0.3) is 11.1 Å². The van der Waals surface area contributed by atoms with Gasteiger partial charge < -0.3 is 25.6 Å². The number of aliphatic hydroxyl groups excluding tert-OH is 1. The van der Waals surface area contributed by atoms with Crippen LogP contribution in [-0.4, -0.2) is 54.0 Å². The van der Waals surface area contributed by atoms with Gasteiger partial charge in [-0.1, -0.05) is 48.5 Å². The Kier molecular flexibility index (Phi) is 7.03. The Bertz CT molecular complexity index is 884. The van der Waals surface area contributed by atoms with Gasteiger partial charge in [0, 0.05) is 18.9 Å². The molecule has 1 atom stereocenters. The maximum Gasteiger partial charge on any atom is 0.407 e. The summed E-state index contributed by atoms with van der Waals surface area (Å²) < 4.78 is 5.40. The van der Waals surface area contributed by atoms with E-state index in [0.717, 1.165) is 22.3 Å². The molecule has 0 aliphatic heterocycles. The van der Waals surface area contributed by atoms with Crippen molar-refractivity contribution in [1.29, 1.82) is 0 Å². The number of rotatable bonds is 9. The quantitative estimate of drug-likeness (QED) is 0.466. The number of hydrogen-bond acceptors (Lipinski definition) is 5. The second-order valence-corrected chi connectivity index (χ2v) is 7.00. The van der Waals surface area contributed by atoms with Gasteiger partial charge in [-0.2, -0.15) is 0 Å². The molecule has 0 aromatic heterocycles. The van der Waals surface area contributed by atoms with E-state index < -0.39 is 30.6 Å². The number of nitrogens with one attached hydrogen (secondary N) is 2. The molecular weight excluding hydrogens is 388 g/mol. The predicted octanol–water partition coefficient (Wildman–Crippen LogP) is 1.87. The predicted molar refractivity (Wildman–Crippen MR) is 109 cm³/mol. The van der Waals surface area contributed by atoms with Gasteiger partial charge in [0.05, 0.1) is 6.61 Å². The monoisotopic (exact) mass is 412 g/mol. The molecule has 3 rings (SSSR count). The van der Waals surface area contributed by atoms with Gasteiger partial charge in [0.25, 0.3) is 0 Å². The summed E-state index contributed by atoms with van der Waals surface area (Å²) >= 11 is 0. The van der Waals surface area contributed by atoms with E-state index in [1.807, 2.05) is 36.4 Å². The smallest absolute Gasteiger partial charge is 0.407 e. The van der Waals surface area contributed by atoms with Crippen LogP contribution >= 0.6 is 0 Å². The van der Waals surface area contributed by atoms with Crippen LogP contribution < -0.4 is 10.6 Å². The number of alkyl carbamates (subject to hydrolysis) is 1. The zero-order valence-electron chi connectivity index (χ0n) is 16.3. The van der Waals surface area contributed by atoms with E-state index in [0.29, 0.717) is 6.42 Å². The molecule has 8 nitrogen and oxygen atoms in total. The van der Waals surface area contributed by atoms with E-state index in [2.05, 4.69) is 22.8 Å². The molecular formula is C22H24N2O6. The summed E-state index contributed by atoms with van der Waals surface area (Å²) in [6.45, 7) is -0.267. The van der Waals surface area contributed by atoms with E-state index in [1.165, 1.54) is 0 Å². The number of hydrogen-bond donors (Lipinski definition) is 4. The molecule has 0 saturated heterocycles. The Morgan fingerprint density at radius 3 is 2.17 bits per heavy atom. The van der Waals surface area contributed by atoms with Crippen molar-refractivity contribution in [3.63, 3.8) is 0 Å². The molecule has 0 saturated carbocycles. The van der Waals surface area contributed by atoms with Crippen LogP contribution in [0.4, 0.5) is 4.79 Å². The Balaban J connectivity index is 1.44. The van der Waals surface area contributed by atoms with Crippen LogP contribution in [0.2, 0.25) is 0 Å². The third-order valence-electron chi connectivity index (χ3n) is 5.01. The average Bonchev–Trinajstić information content (AvgIpc) is 3.07. The normalized spacial score (nSPS) is 13.1. The molecule has 0 fully saturated rings. The largest absolute Gasteiger partial charge is 0.480 e. The minimum absolute atomic E-state index is 0.0213. The molecule has 0 heterocycles. The molecule has 8 heteroatoms. The lowest BCUT2D eigenvalue weighted by molar-refractivity contribution is -0.142. The van der Waals surface area contributed by atoms with Crippen molar-refractivity contribution < 1.29 is 29.3 Å². The summed E-state index contributed by atoms with van der Waals surface area (Å²) in [6, 6.07) is 14.8. The van der Waals surface area contributed by atoms with Crippen LogP contribution in [0, 0.1) is 0 Å². The fraction of sp³-hybridized carbons (Fsp3) is 0.318. The van der Waals surface area contributed by atoms with Crippen LogP contribution in [0.15, 0.2) is 48.5 Å². The minimum Gasteiger partial charge on any atom is -0.480 e. The summed E-state index contributed by atoms with van der Waals surface area (Å²) in [7, 11) is 0. The van der Waals surface area contributed by atoms with Crippen LogP contribution in [0.5, 0.6) is 0 Å². The SMILES string of the molecule is O=C(CCCNC(=O)OCC1c2ccccc2-c2ccccc21)N[C@H](CO)C(=O)O. The molecule has 0 radical (unpaired) electrons. The minimum atomic E-state index is -1.33. The average molecular weight is 412 g/mol. The number of amides is 2. The summed E-state index contributed by atoms with van der Waals surface area (Å²) in [5.74, 6) is -1.84. The second-order valence-electron chi connectivity index (χ2n) is 7.00. The van der Waals surface area contributed by atoms with Crippen molar-refractivity contribution in [2.45, 2.75) is 24.8 Å². The van der Waals surface area contributed by atoms with Crippen LogP contribution in [0.3, 0.4) is 0 Å². The molecule has 1 aliphatic rings. The van der Waals surface area contributed by atoms with Gasteiger partial charge in [-0.3, -0.25) is 4.79 Å². The lowest BCUT2D eigenvalue weighted by Crippen LogP contribution is -2.43. The van der Waals surface area contributed by atoms with E-state index >= 15 is 0 Å². The topological polar surface area (TPSA) is 125 Å². The zero-order chi connectivity index (χ0) is 21.5. The number of carboxylic acid groups (broad SMARTS) is 1. The lowest BCUT2D eigenvalue weighted by Gasteiger charge is -2.14. The fourth-order valence-electron chi connectivity index (χ4n) is 3.54. The van der Waals surface area contributed by atoms with Crippen molar-refractivity contribution in [2.24, 2.45) is 0 Å². The first-order valence-corrected chi connectivity index (χ1v) is 9.73. The third-order valence-corrected chi connectivity index (χ3v) is 5.01. The number of aliphatic hydroxyl groups is 1. The Hall–Kier alpha value is -3.39. The van der Waals surface area contributed by atoms with Crippen LogP contribution in [-0.2, 0) is 14.3 Å². The first-order chi connectivity index (χ1) is 14.5. The number of carbonyl (C=O) groups is 3. The molecule has 2 aromatic carbocycles. The van der Waals surface area contributed by atoms with Crippen molar-refractivity contribution in [1.82, 2.24) is 10.6 Å². The Morgan fingerprint density at radius 2 is 1.60 bits per heavy atom. The maximum atomic E-state index is 12.0. The summed E-state index contributed by atoms with van der Waals surface area (Å²) in [6.07, 6.45) is -0.239. The standard InChI is InChI=1S/C22H24N2O6/c25-12-19(21(27)28)24-20(26)10-5-11-23-22(29)30-13-18-16-8-3-1-6-14(16)15-7-2-4-9-17(15)18/h1-4,6-9,18-19,25H,5,10-13H2,(H,23,29)(H,24,26)(H,27,28)/t19-/m1/s1. The van der Waals surface area contributed by atoms with Gasteiger partial charge in [-0.25, -0.2) is 9.59 Å². The van der Waals surface area contributed by atoms with E-state index in [9.17, 15) is 14.4 Å². The molecule has 1 aliphatic carbocycles. The highest BCUT2D eigenvalue weighted by molar-refractivity contribution is 5.83. The third kappa shape index (κ3) is 4.96. The number of fused-ring (bicyclic) bond motifs is 3. The number of carboxylic acids is 1. The van der Waals surface area contributed by atoms with Gasteiger partial charge in [0.15, 0.2) is 0 Å². The van der Waals surface area contributed by atoms with Crippen molar-refractivity contribution in [3.8, 4) is 11.1 Å². The number of aliphatic carboxylic acids is 1. The molecule has 0 bridgehead atoms. The highest BCUT2D eigenvalue weighted by Gasteiger charge is 2.28. The molecule has 30 heavy (non-hydrogen) atoms. The van der Waals surface area contributed by atoms with Gasteiger partial charge in [-0.05, 0) is 28.7 Å². The highest BCUT2D eigenvalue weighted by Crippen LogP contribution is 2.44. The van der Waals surface area contributed by atoms with E-state index in [4.69, 9.17) is 14.9 Å². The second kappa shape index (κ2) is 9.89. The molecule has 0 spiro atoms. The molecule has 0 unspecified atom stereocenters. The molecule has 158 valence electrons. The molecule has 4 N–H and O–H groups in total. The summed E-state index contributed by atoms with van der Waals surface area (Å²) in [5.41, 5.74) is 4.55. The number of benzene rings is 2. The van der Waals surface area contributed by atoms with Crippen molar-refractivity contribution in [2.75, 3.05) is 19.8 Å². The fourth-order valence-corrected chi connectivity index (χ4v) is 3.54. The van der Waals surface area contributed by atoms with Gasteiger partial charge >= 0.3 is 12.1 Å². The van der Waals surface area contributed by atoms with Gasteiger partial charge in [0.2, 0.25) is 5.91 Å². The maximum absolute atomic E-state index is 12.0. The molecule has 2 amide bonds. The van der Waals surface area contributed by atoms with Crippen LogP contribution in [0.1, 0.15) is 29.9 Å². The first-order valence-electron chi connectivity index (χ1n) is 9.73. The van der Waals surface area contributed by atoms with Crippen molar-refractivity contribution >= 4 is 18.0 Å². The number of ether oxygens (including phenoxy) is 1. The summed E-state index contributed by atoms with van der Waals surface area (Å²) in [4.78, 5) is 34.5. The van der Waals surface area contributed by atoms with Gasteiger partial charge in [0.1, 0.15) is 12.6 Å². The lowest BCUT2D eigenvalue weighted by atomic mass is 9.98. The zero-order valence-corrected chi connectivity index (χ0v) is 16.3. The van der Waals surface area contributed by atoms with Gasteiger partial charge in [-0.15, -0.1) is 0 Å².